The summed E-state index contributed by atoms with van der Waals surface area (Å²) in [5.74, 6) is 11.6. The summed E-state index contributed by atoms with van der Waals surface area (Å²) in [7, 11) is 0. The standard InChI is InChI=1S/C101H66N2/c1-7-67-33-25-38-89(87(67)9-3)91-53-45-75(63-94(91)90-39-26-34-68(8-2)88(90)10-4)79-60-80(62-82(61-79)81-58-77(70-29-17-12-18-30-70)57-78(59-81)71-31-19-13-20-32-71)76-47-56-100-96(65-76)95-64-74(46-55-99(95)103(100)83-35-21-14-22-36-83)73-43-50-85(51-44-73)102(84-48-41-72(42-49-84)69-27-15-11-16-28-69)86-52-54-93-92-37-23-24-40-97(92)101(5,6)98(93)66-86/h1-4,11-66H,5-6H3. The summed E-state index contributed by atoms with van der Waals surface area (Å²) in [5, 5.41) is 2.27. The van der Waals surface area contributed by atoms with Crippen molar-refractivity contribution in [3.63, 3.8) is 0 Å². The first-order valence-electron chi connectivity index (χ1n) is 34.8. The summed E-state index contributed by atoms with van der Waals surface area (Å²) in [4.78, 5) is 2.40. The van der Waals surface area contributed by atoms with Crippen molar-refractivity contribution in [2.45, 2.75) is 19.3 Å². The van der Waals surface area contributed by atoms with Crippen LogP contribution < -0.4 is 4.90 Å². The van der Waals surface area contributed by atoms with Crippen LogP contribution >= 0.6 is 0 Å². The summed E-state index contributed by atoms with van der Waals surface area (Å²) >= 11 is 0. The smallest absolute Gasteiger partial charge is 0.0541 e. The quantitative estimate of drug-likeness (QED) is 0.104. The molecule has 0 fully saturated rings. The number of rotatable bonds is 13. The van der Waals surface area contributed by atoms with Crippen LogP contribution in [0.25, 0.3) is 139 Å². The van der Waals surface area contributed by atoms with Crippen molar-refractivity contribution in [3.8, 4) is 166 Å². The molecule has 0 spiro atoms. The van der Waals surface area contributed by atoms with Crippen LogP contribution in [-0.2, 0) is 5.41 Å². The number of para-hydroxylation sites is 1. The van der Waals surface area contributed by atoms with Crippen molar-refractivity contribution in [2.24, 2.45) is 0 Å². The molecule has 1 aromatic heterocycles. The topological polar surface area (TPSA) is 8.17 Å². The van der Waals surface area contributed by atoms with E-state index in [0.29, 0.717) is 22.3 Å². The summed E-state index contributed by atoms with van der Waals surface area (Å²) in [6.07, 6.45) is 25.1. The number of terminal acetylenes is 4. The minimum atomic E-state index is -0.165. The summed E-state index contributed by atoms with van der Waals surface area (Å²) in [6, 6.07) is 123. The van der Waals surface area contributed by atoms with Crippen molar-refractivity contribution in [1.82, 2.24) is 4.57 Å². The molecule has 0 saturated carbocycles. The Bertz CT molecular complexity index is 6140. The maximum absolute atomic E-state index is 6.42. The van der Waals surface area contributed by atoms with Crippen LogP contribution in [0.1, 0.15) is 47.2 Å². The predicted octanol–water partition coefficient (Wildman–Crippen LogP) is 25.5. The van der Waals surface area contributed by atoms with Gasteiger partial charge >= 0.3 is 0 Å². The van der Waals surface area contributed by atoms with Gasteiger partial charge in [-0.15, -0.1) is 25.7 Å². The Hall–Kier alpha value is -13.9. The van der Waals surface area contributed by atoms with Crippen molar-refractivity contribution >= 4 is 38.9 Å². The summed E-state index contributed by atoms with van der Waals surface area (Å²) in [6.45, 7) is 4.70. The van der Waals surface area contributed by atoms with Gasteiger partial charge in [-0.1, -0.05) is 250 Å². The number of anilines is 3. The first kappa shape index (κ1) is 62.6. The highest BCUT2D eigenvalue weighted by Gasteiger charge is 2.36. The minimum Gasteiger partial charge on any atom is -0.310 e. The zero-order valence-corrected chi connectivity index (χ0v) is 57.0. The van der Waals surface area contributed by atoms with Crippen LogP contribution in [-0.4, -0.2) is 4.57 Å². The second-order valence-electron chi connectivity index (χ2n) is 27.0. The molecule has 103 heavy (non-hydrogen) atoms. The molecular weight excluding hydrogens is 1240 g/mol. The molecule has 2 heteroatoms. The van der Waals surface area contributed by atoms with Crippen LogP contribution in [0.15, 0.2) is 340 Å². The van der Waals surface area contributed by atoms with Gasteiger partial charge in [0.1, 0.15) is 0 Å². The molecule has 0 N–H and O–H groups in total. The number of nitrogens with zero attached hydrogens (tertiary/aromatic N) is 2. The molecule has 15 aromatic carbocycles. The fraction of sp³-hybridized carbons (Fsp3) is 0.0297. The lowest BCUT2D eigenvalue weighted by Gasteiger charge is -2.28. The Labute approximate surface area is 603 Å². The van der Waals surface area contributed by atoms with Crippen LogP contribution in [0.5, 0.6) is 0 Å². The average molecular weight is 1310 g/mol. The van der Waals surface area contributed by atoms with E-state index in [2.05, 4.69) is 350 Å². The first-order valence-corrected chi connectivity index (χ1v) is 34.8. The molecule has 0 atom stereocenters. The predicted molar refractivity (Wildman–Crippen MR) is 434 cm³/mol. The van der Waals surface area contributed by atoms with Gasteiger partial charge in [-0.3, -0.25) is 0 Å². The molecule has 1 heterocycles. The molecule has 1 aliphatic rings. The van der Waals surface area contributed by atoms with Crippen molar-refractivity contribution in [2.75, 3.05) is 4.90 Å². The second kappa shape index (κ2) is 26.1. The first-order chi connectivity index (χ1) is 50.6. The SMILES string of the molecule is C#Cc1cccc(-c2ccc(-c3cc(-c4cc(-c5ccccc5)cc(-c5ccccc5)c4)cc(-c4ccc5c(c4)c4cc(-c6ccc(N(c7ccc(-c8ccccc8)cc7)c7ccc8c(c7)C(C)(C)c7ccccc7-8)cc6)ccc4n5-c4ccccc4)c3)cc2-c2cccc(C#C)c2C#C)c1C#C. The van der Waals surface area contributed by atoms with E-state index in [1.165, 1.54) is 33.4 Å². The van der Waals surface area contributed by atoms with Gasteiger partial charge < -0.3 is 9.47 Å². The maximum atomic E-state index is 6.42. The van der Waals surface area contributed by atoms with E-state index in [1.807, 2.05) is 36.4 Å². The van der Waals surface area contributed by atoms with E-state index >= 15 is 0 Å². The molecule has 2 nitrogen and oxygen atoms in total. The normalized spacial score (nSPS) is 11.8. The number of aromatic nitrogens is 1. The Morgan fingerprint density at radius 2 is 0.612 bits per heavy atom. The summed E-state index contributed by atoms with van der Waals surface area (Å²) in [5.41, 5.74) is 32.9. The molecule has 0 amide bonds. The van der Waals surface area contributed by atoms with Crippen LogP contribution in [0.2, 0.25) is 0 Å². The van der Waals surface area contributed by atoms with Gasteiger partial charge in [0, 0.05) is 61.2 Å². The Kier molecular flexibility index (Phi) is 15.9. The molecule has 0 bridgehead atoms. The van der Waals surface area contributed by atoms with Crippen molar-refractivity contribution < 1.29 is 0 Å². The van der Waals surface area contributed by atoms with Crippen LogP contribution in [0.4, 0.5) is 17.1 Å². The molecule has 480 valence electrons. The Morgan fingerprint density at radius 3 is 1.12 bits per heavy atom. The van der Waals surface area contributed by atoms with Crippen LogP contribution in [0.3, 0.4) is 0 Å². The minimum absolute atomic E-state index is 0.165. The largest absolute Gasteiger partial charge is 0.310 e. The number of hydrogen-bond donors (Lipinski definition) is 0. The number of benzene rings is 15. The van der Waals surface area contributed by atoms with Gasteiger partial charge in [-0.2, -0.15) is 0 Å². The van der Waals surface area contributed by atoms with Crippen molar-refractivity contribution in [3.05, 3.63) is 373 Å². The van der Waals surface area contributed by atoms with Crippen molar-refractivity contribution in [1.29, 1.82) is 0 Å². The molecular formula is C101H66N2. The second-order valence-corrected chi connectivity index (χ2v) is 27.0. The zero-order chi connectivity index (χ0) is 69.7. The van der Waals surface area contributed by atoms with Gasteiger partial charge in [0.2, 0.25) is 0 Å². The average Bonchev–Trinajstić information content (AvgIpc) is 1.60. The fourth-order valence-electron chi connectivity index (χ4n) is 15.6. The van der Waals surface area contributed by atoms with Crippen LogP contribution in [0, 0.1) is 49.4 Å². The lowest BCUT2D eigenvalue weighted by atomic mass is 9.82. The lowest BCUT2D eigenvalue weighted by molar-refractivity contribution is 0.660. The third-order valence-corrected chi connectivity index (χ3v) is 20.7. The summed E-state index contributed by atoms with van der Waals surface area (Å²) < 4.78 is 2.40. The highest BCUT2D eigenvalue weighted by atomic mass is 15.1. The molecule has 0 radical (unpaired) electrons. The third-order valence-electron chi connectivity index (χ3n) is 20.7. The molecule has 0 aliphatic heterocycles. The molecule has 0 saturated heterocycles. The van der Waals surface area contributed by atoms with Gasteiger partial charge in [0.25, 0.3) is 0 Å². The van der Waals surface area contributed by atoms with E-state index < -0.39 is 0 Å². The van der Waals surface area contributed by atoms with Gasteiger partial charge in [-0.25, -0.2) is 0 Å². The van der Waals surface area contributed by atoms with E-state index in [-0.39, 0.29) is 5.41 Å². The van der Waals surface area contributed by atoms with E-state index in [1.54, 1.807) is 0 Å². The lowest BCUT2D eigenvalue weighted by Crippen LogP contribution is -2.16. The molecule has 1 aliphatic carbocycles. The number of fused-ring (bicyclic) bond motifs is 6. The molecule has 17 rings (SSSR count). The Morgan fingerprint density at radius 1 is 0.252 bits per heavy atom. The van der Waals surface area contributed by atoms with Gasteiger partial charge in [-0.05, 0) is 250 Å². The van der Waals surface area contributed by atoms with E-state index in [9.17, 15) is 0 Å². The highest BCUT2D eigenvalue weighted by Crippen LogP contribution is 2.52. The zero-order valence-electron chi connectivity index (χ0n) is 57.0. The Balaban J connectivity index is 0.835. The maximum Gasteiger partial charge on any atom is 0.0541 e. The monoisotopic (exact) mass is 1310 g/mol. The molecule has 0 unspecified atom stereocenters. The highest BCUT2D eigenvalue weighted by molar-refractivity contribution is 6.12. The number of hydrogen-bond acceptors (Lipinski definition) is 1. The van der Waals surface area contributed by atoms with E-state index in [4.69, 9.17) is 25.7 Å². The molecule has 16 aromatic rings. The fourth-order valence-corrected chi connectivity index (χ4v) is 15.6. The van der Waals surface area contributed by atoms with Gasteiger partial charge in [0.15, 0.2) is 0 Å². The van der Waals surface area contributed by atoms with E-state index in [0.717, 1.165) is 134 Å². The third kappa shape index (κ3) is 11.2. The van der Waals surface area contributed by atoms with Gasteiger partial charge in [0.05, 0.1) is 11.0 Å².